The van der Waals surface area contributed by atoms with Crippen molar-refractivity contribution in [1.29, 1.82) is 0 Å². The molecule has 0 spiro atoms. The van der Waals surface area contributed by atoms with Crippen molar-refractivity contribution in [2.24, 2.45) is 5.92 Å². The quantitative estimate of drug-likeness (QED) is 0.773. The van der Waals surface area contributed by atoms with Crippen molar-refractivity contribution >= 4 is 16.9 Å². The molecule has 0 aliphatic heterocycles. The summed E-state index contributed by atoms with van der Waals surface area (Å²) in [5.74, 6) is 1.14. The number of nitrogens with zero attached hydrogens (tertiary/aromatic N) is 3. The van der Waals surface area contributed by atoms with Gasteiger partial charge in [-0.15, -0.1) is 0 Å². The number of aromatic amines is 1. The van der Waals surface area contributed by atoms with E-state index in [0.717, 1.165) is 23.1 Å². The molecule has 21 heavy (non-hydrogen) atoms. The summed E-state index contributed by atoms with van der Waals surface area (Å²) >= 11 is 0. The summed E-state index contributed by atoms with van der Waals surface area (Å²) in [5.41, 5.74) is 10.3. The van der Waals surface area contributed by atoms with E-state index in [9.17, 15) is 0 Å². The highest BCUT2D eigenvalue weighted by Gasteiger charge is 2.17. The molecule has 3 rings (SSSR count). The molecule has 0 saturated carbocycles. The van der Waals surface area contributed by atoms with E-state index in [-0.39, 0.29) is 0 Å². The molecule has 0 unspecified atom stereocenters. The SMILES string of the molecule is Cc1ccc(Cn2nc(CC(C)C)c3c(N)[nH]nc32)cc1. The highest BCUT2D eigenvalue weighted by molar-refractivity contribution is 5.89. The monoisotopic (exact) mass is 283 g/mol. The van der Waals surface area contributed by atoms with Gasteiger partial charge < -0.3 is 5.73 Å². The number of hydrogen-bond acceptors (Lipinski definition) is 3. The number of rotatable bonds is 4. The Morgan fingerprint density at radius 3 is 2.62 bits per heavy atom. The molecule has 0 atom stereocenters. The maximum atomic E-state index is 6.01. The Labute approximate surface area is 124 Å². The zero-order chi connectivity index (χ0) is 15.0. The molecule has 3 aromatic rings. The van der Waals surface area contributed by atoms with E-state index in [2.05, 4.69) is 55.2 Å². The number of fused-ring (bicyclic) bond motifs is 1. The van der Waals surface area contributed by atoms with Crippen molar-refractivity contribution in [3.05, 3.63) is 41.1 Å². The van der Waals surface area contributed by atoms with Crippen LogP contribution in [0.5, 0.6) is 0 Å². The van der Waals surface area contributed by atoms with E-state index < -0.39 is 0 Å². The minimum atomic E-state index is 0.533. The molecule has 2 aromatic heterocycles. The highest BCUT2D eigenvalue weighted by atomic mass is 15.3. The molecule has 5 nitrogen and oxygen atoms in total. The fourth-order valence-electron chi connectivity index (χ4n) is 2.57. The summed E-state index contributed by atoms with van der Waals surface area (Å²) in [6, 6.07) is 8.48. The zero-order valence-electron chi connectivity index (χ0n) is 12.7. The molecule has 0 radical (unpaired) electrons. The fraction of sp³-hybridized carbons (Fsp3) is 0.375. The third-order valence-corrected chi connectivity index (χ3v) is 3.60. The molecule has 0 bridgehead atoms. The number of benzene rings is 1. The van der Waals surface area contributed by atoms with Crippen LogP contribution in [0, 0.1) is 12.8 Å². The van der Waals surface area contributed by atoms with Crippen LogP contribution < -0.4 is 5.73 Å². The second kappa shape index (κ2) is 5.24. The molecule has 0 saturated heterocycles. The van der Waals surface area contributed by atoms with Gasteiger partial charge in [0, 0.05) is 0 Å². The molecule has 5 heteroatoms. The van der Waals surface area contributed by atoms with Crippen LogP contribution in [-0.4, -0.2) is 20.0 Å². The van der Waals surface area contributed by atoms with Crippen molar-refractivity contribution in [3.8, 4) is 0 Å². The number of nitrogen functional groups attached to an aromatic ring is 1. The van der Waals surface area contributed by atoms with Crippen LogP contribution in [0.15, 0.2) is 24.3 Å². The third kappa shape index (κ3) is 2.63. The van der Waals surface area contributed by atoms with E-state index >= 15 is 0 Å². The van der Waals surface area contributed by atoms with Crippen molar-refractivity contribution < 1.29 is 0 Å². The van der Waals surface area contributed by atoms with E-state index in [1.807, 2.05) is 4.68 Å². The Bertz CT molecular complexity index is 749. The van der Waals surface area contributed by atoms with Gasteiger partial charge in [-0.2, -0.15) is 10.2 Å². The summed E-state index contributed by atoms with van der Waals surface area (Å²) in [4.78, 5) is 0. The number of aryl methyl sites for hydroxylation is 1. The molecule has 0 amide bonds. The number of anilines is 1. The Morgan fingerprint density at radius 2 is 1.95 bits per heavy atom. The van der Waals surface area contributed by atoms with Crippen LogP contribution in [0.3, 0.4) is 0 Å². The first-order valence-corrected chi connectivity index (χ1v) is 7.29. The molecule has 1 aromatic carbocycles. The molecule has 0 aliphatic rings. The smallest absolute Gasteiger partial charge is 0.182 e. The highest BCUT2D eigenvalue weighted by Crippen LogP contribution is 2.25. The number of aromatic nitrogens is 4. The van der Waals surface area contributed by atoms with Gasteiger partial charge in [0.15, 0.2) is 5.65 Å². The van der Waals surface area contributed by atoms with E-state index in [4.69, 9.17) is 10.8 Å². The largest absolute Gasteiger partial charge is 0.383 e. The first kappa shape index (κ1) is 13.7. The lowest BCUT2D eigenvalue weighted by Gasteiger charge is -2.04. The van der Waals surface area contributed by atoms with Crippen LogP contribution in [0.1, 0.15) is 30.7 Å². The molecule has 0 fully saturated rings. The first-order valence-electron chi connectivity index (χ1n) is 7.29. The Hall–Kier alpha value is -2.30. The Morgan fingerprint density at radius 1 is 1.24 bits per heavy atom. The van der Waals surface area contributed by atoms with Crippen molar-refractivity contribution in [3.63, 3.8) is 0 Å². The van der Waals surface area contributed by atoms with Gasteiger partial charge in [0.2, 0.25) is 0 Å². The standard InChI is InChI=1S/C16H21N5/c1-10(2)8-13-14-15(17)18-19-16(14)21(20-13)9-12-6-4-11(3)5-7-12/h4-7,10H,8-9H2,1-3H3,(H3,17,18,19). The summed E-state index contributed by atoms with van der Waals surface area (Å²) in [6.45, 7) is 7.16. The van der Waals surface area contributed by atoms with Crippen LogP contribution in [0.2, 0.25) is 0 Å². The lowest BCUT2D eigenvalue weighted by Crippen LogP contribution is -2.04. The number of H-pyrrole nitrogens is 1. The lowest BCUT2D eigenvalue weighted by atomic mass is 10.1. The van der Waals surface area contributed by atoms with Crippen molar-refractivity contribution in [1.82, 2.24) is 20.0 Å². The predicted molar refractivity (Wildman–Crippen MR) is 85.1 cm³/mol. The van der Waals surface area contributed by atoms with Crippen LogP contribution in [0.4, 0.5) is 5.82 Å². The van der Waals surface area contributed by atoms with Gasteiger partial charge in [-0.25, -0.2) is 4.68 Å². The van der Waals surface area contributed by atoms with E-state index in [0.29, 0.717) is 18.3 Å². The lowest BCUT2D eigenvalue weighted by molar-refractivity contribution is 0.611. The molecule has 110 valence electrons. The van der Waals surface area contributed by atoms with E-state index in [1.54, 1.807) is 0 Å². The predicted octanol–water partition coefficient (Wildman–Crippen LogP) is 2.90. The summed E-state index contributed by atoms with van der Waals surface area (Å²) < 4.78 is 1.94. The average molecular weight is 283 g/mol. The first-order chi connectivity index (χ1) is 10.0. The maximum absolute atomic E-state index is 6.01. The van der Waals surface area contributed by atoms with Gasteiger partial charge in [-0.05, 0) is 24.8 Å². The molecule has 2 heterocycles. The van der Waals surface area contributed by atoms with Crippen LogP contribution in [-0.2, 0) is 13.0 Å². The Balaban J connectivity index is 2.00. The van der Waals surface area contributed by atoms with Gasteiger partial charge in [0.1, 0.15) is 5.82 Å². The molecular formula is C16H21N5. The number of nitrogens with two attached hydrogens (primary N) is 1. The molecule has 3 N–H and O–H groups in total. The van der Waals surface area contributed by atoms with Crippen LogP contribution >= 0.6 is 0 Å². The average Bonchev–Trinajstić information content (AvgIpc) is 2.95. The normalized spacial score (nSPS) is 11.6. The Kier molecular flexibility index (Phi) is 3.41. The van der Waals surface area contributed by atoms with E-state index in [1.165, 1.54) is 11.1 Å². The maximum Gasteiger partial charge on any atom is 0.182 e. The summed E-state index contributed by atoms with van der Waals surface area (Å²) in [5, 5.41) is 12.9. The fourth-order valence-corrected chi connectivity index (χ4v) is 2.57. The molecule has 0 aliphatic carbocycles. The van der Waals surface area contributed by atoms with Gasteiger partial charge in [-0.1, -0.05) is 43.7 Å². The summed E-state index contributed by atoms with van der Waals surface area (Å²) in [6.07, 6.45) is 0.904. The summed E-state index contributed by atoms with van der Waals surface area (Å²) in [7, 11) is 0. The zero-order valence-corrected chi connectivity index (χ0v) is 12.7. The van der Waals surface area contributed by atoms with Gasteiger partial charge in [0.05, 0.1) is 17.6 Å². The number of hydrogen-bond donors (Lipinski definition) is 2. The second-order valence-corrected chi connectivity index (χ2v) is 6.02. The topological polar surface area (TPSA) is 72.5 Å². The minimum Gasteiger partial charge on any atom is -0.383 e. The molecular weight excluding hydrogens is 262 g/mol. The van der Waals surface area contributed by atoms with Crippen molar-refractivity contribution in [2.75, 3.05) is 5.73 Å². The second-order valence-electron chi connectivity index (χ2n) is 6.02. The minimum absolute atomic E-state index is 0.533. The van der Waals surface area contributed by atoms with Gasteiger partial charge in [-0.3, -0.25) is 5.10 Å². The number of nitrogens with one attached hydrogen (secondary N) is 1. The van der Waals surface area contributed by atoms with Gasteiger partial charge >= 0.3 is 0 Å². The van der Waals surface area contributed by atoms with Crippen molar-refractivity contribution in [2.45, 2.75) is 33.7 Å². The van der Waals surface area contributed by atoms with Gasteiger partial charge in [0.25, 0.3) is 0 Å². The third-order valence-electron chi connectivity index (χ3n) is 3.60. The van der Waals surface area contributed by atoms with Crippen LogP contribution in [0.25, 0.3) is 11.0 Å².